The van der Waals surface area contributed by atoms with Crippen LogP contribution >= 0.6 is 11.3 Å². The Hall–Kier alpha value is -4.17. The third-order valence-corrected chi connectivity index (χ3v) is 11.8. The highest BCUT2D eigenvalue weighted by molar-refractivity contribution is 7.16. The molecule has 4 atom stereocenters. The SMILES string of the molecule is C#C[C@H](Oc1nc(C(=O)C2=C(N)[C@@]3(CCC2)CCCc2sc(N)c(C#N)c23)nc2c1n(C)c(=O)n2[C@@H]1CCCOC1)[C@@H]1CCCN1C. The van der Waals surface area contributed by atoms with Gasteiger partial charge in [-0.3, -0.25) is 18.8 Å². The smallest absolute Gasteiger partial charge is 0.330 e. The number of ketones is 1. The molecule has 246 valence electrons. The van der Waals surface area contributed by atoms with Crippen molar-refractivity contribution in [1.29, 1.82) is 5.26 Å². The fourth-order valence-electron chi connectivity index (χ4n) is 8.32. The number of hydrogen-bond acceptors (Lipinski definition) is 11. The number of imidazole rings is 1. The molecule has 13 heteroatoms. The first-order valence-electron chi connectivity index (χ1n) is 16.5. The molecular formula is C34H40N8O4S. The summed E-state index contributed by atoms with van der Waals surface area (Å²) in [6.07, 6.45) is 13.0. The molecule has 5 heterocycles. The number of thiophene rings is 1. The summed E-state index contributed by atoms with van der Waals surface area (Å²) in [4.78, 5) is 41.1. The number of carbonyl (C=O) groups is 1. The third kappa shape index (κ3) is 4.95. The lowest BCUT2D eigenvalue weighted by Crippen LogP contribution is -2.41. The molecule has 0 aromatic carbocycles. The molecule has 2 fully saturated rings. The van der Waals surface area contributed by atoms with Gasteiger partial charge in [-0.25, -0.2) is 9.78 Å². The molecule has 47 heavy (non-hydrogen) atoms. The molecule has 2 saturated heterocycles. The van der Waals surface area contributed by atoms with E-state index >= 15 is 0 Å². The predicted molar refractivity (Wildman–Crippen MR) is 178 cm³/mol. The molecule has 2 aliphatic carbocycles. The van der Waals surface area contributed by atoms with E-state index in [9.17, 15) is 14.9 Å². The maximum atomic E-state index is 14.6. The van der Waals surface area contributed by atoms with Crippen LogP contribution in [0.1, 0.15) is 90.5 Å². The maximum Gasteiger partial charge on any atom is 0.330 e. The molecule has 4 N–H and O–H groups in total. The molecule has 7 rings (SSSR count). The summed E-state index contributed by atoms with van der Waals surface area (Å²) in [7, 11) is 3.66. The standard InChI is InChI=1S/C34H40N8O4S/c1-4-23(22-11-7-15-40(22)2)46-32-26-31(42(33(44)41(26)3)19-9-8-16-45-18-19)38-30(39-32)27(43)20-10-5-13-34(28(20)36)14-6-12-24-25(34)21(17-35)29(37)47-24/h1,19,22-23H,5-16,18,36-37H2,2-3H3/t19-,22+,23+,34+/m1/s1. The number of aromatic nitrogens is 4. The van der Waals surface area contributed by atoms with Gasteiger partial charge in [-0.15, -0.1) is 17.8 Å². The van der Waals surface area contributed by atoms with E-state index in [2.05, 4.69) is 16.9 Å². The van der Waals surface area contributed by atoms with Gasteiger partial charge >= 0.3 is 5.69 Å². The first-order valence-corrected chi connectivity index (χ1v) is 17.3. The molecule has 0 bridgehead atoms. The van der Waals surface area contributed by atoms with Gasteiger partial charge in [0.15, 0.2) is 17.3 Å². The van der Waals surface area contributed by atoms with Crippen LogP contribution < -0.4 is 21.9 Å². The second-order valence-corrected chi connectivity index (χ2v) is 14.4. The summed E-state index contributed by atoms with van der Waals surface area (Å²) in [6.45, 7) is 1.88. The highest BCUT2D eigenvalue weighted by atomic mass is 32.1. The number of fused-ring (bicyclic) bond motifs is 3. The Labute approximate surface area is 277 Å². The van der Waals surface area contributed by atoms with Crippen LogP contribution in [0.5, 0.6) is 5.88 Å². The zero-order chi connectivity index (χ0) is 33.0. The number of rotatable bonds is 6. The molecule has 0 unspecified atom stereocenters. The fourth-order valence-corrected chi connectivity index (χ4v) is 9.48. The van der Waals surface area contributed by atoms with Gasteiger partial charge in [0, 0.05) is 35.2 Å². The Morgan fingerprint density at radius 2 is 1.96 bits per heavy atom. The number of allylic oxidation sites excluding steroid dienone is 2. The number of carbonyl (C=O) groups excluding carboxylic acids is 1. The van der Waals surface area contributed by atoms with Crippen molar-refractivity contribution in [2.45, 2.75) is 87.8 Å². The topological polar surface area (TPSA) is 167 Å². The molecule has 0 radical (unpaired) electrons. The van der Waals surface area contributed by atoms with Crippen LogP contribution in [0.15, 0.2) is 16.1 Å². The van der Waals surface area contributed by atoms with Crippen molar-refractivity contribution in [2.24, 2.45) is 12.8 Å². The fraction of sp³-hybridized carbons (Fsp3) is 0.559. The van der Waals surface area contributed by atoms with Crippen molar-refractivity contribution in [1.82, 2.24) is 24.0 Å². The number of likely N-dealkylation sites (N-methyl/N-ethyl adjacent to an activating group) is 1. The van der Waals surface area contributed by atoms with Gasteiger partial charge in [0.1, 0.15) is 11.1 Å². The molecule has 4 aliphatic rings. The van der Waals surface area contributed by atoms with Gasteiger partial charge in [-0.1, -0.05) is 5.92 Å². The molecule has 2 aliphatic heterocycles. The van der Waals surface area contributed by atoms with Gasteiger partial charge in [0.05, 0.1) is 24.3 Å². The Morgan fingerprint density at radius 3 is 2.64 bits per heavy atom. The van der Waals surface area contributed by atoms with E-state index in [1.54, 1.807) is 11.6 Å². The average molecular weight is 657 g/mol. The largest absolute Gasteiger partial charge is 0.458 e. The summed E-state index contributed by atoms with van der Waals surface area (Å²) in [5, 5.41) is 10.5. The number of nitriles is 1. The Morgan fingerprint density at radius 1 is 1.17 bits per heavy atom. The summed E-state index contributed by atoms with van der Waals surface area (Å²) in [5.74, 6) is 2.36. The van der Waals surface area contributed by atoms with E-state index in [4.69, 9.17) is 37.3 Å². The second kappa shape index (κ2) is 12.1. The first kappa shape index (κ1) is 31.4. The molecule has 3 aromatic rings. The van der Waals surface area contributed by atoms with E-state index in [-0.39, 0.29) is 29.5 Å². The predicted octanol–water partition coefficient (Wildman–Crippen LogP) is 3.33. The molecular weight excluding hydrogens is 616 g/mol. The Balaban J connectivity index is 1.39. The average Bonchev–Trinajstić information content (AvgIpc) is 3.73. The highest BCUT2D eigenvalue weighted by Crippen LogP contribution is 2.53. The van der Waals surface area contributed by atoms with Crippen molar-refractivity contribution in [3.8, 4) is 24.3 Å². The number of nitrogen functional groups attached to an aromatic ring is 1. The van der Waals surface area contributed by atoms with Crippen molar-refractivity contribution < 1.29 is 14.3 Å². The number of Topliss-reactive ketones (excluding diaryl/α,β-unsaturated/α-hetero) is 1. The van der Waals surface area contributed by atoms with E-state index in [0.717, 1.165) is 68.4 Å². The maximum absolute atomic E-state index is 14.6. The number of hydrogen-bond donors (Lipinski definition) is 2. The number of likely N-dealkylation sites (tertiary alicyclic amines) is 1. The minimum atomic E-state index is -0.657. The minimum absolute atomic E-state index is 0.0422. The van der Waals surface area contributed by atoms with Gasteiger partial charge in [0.25, 0.3) is 0 Å². The number of nitrogens with two attached hydrogens (primary N) is 2. The number of ether oxygens (including phenoxy) is 2. The second-order valence-electron chi connectivity index (χ2n) is 13.3. The zero-order valence-corrected chi connectivity index (χ0v) is 27.7. The minimum Gasteiger partial charge on any atom is -0.458 e. The van der Waals surface area contributed by atoms with Crippen LogP contribution in [0.2, 0.25) is 0 Å². The molecule has 3 aromatic heterocycles. The normalized spacial score (nSPS) is 25.4. The van der Waals surface area contributed by atoms with Crippen LogP contribution in [0.25, 0.3) is 11.2 Å². The van der Waals surface area contributed by atoms with Gasteiger partial charge < -0.3 is 20.9 Å². The number of nitrogens with zero attached hydrogens (tertiary/aromatic N) is 6. The molecule has 1 spiro atoms. The van der Waals surface area contributed by atoms with Crippen LogP contribution in [0.4, 0.5) is 5.00 Å². The van der Waals surface area contributed by atoms with Crippen molar-refractivity contribution >= 4 is 33.3 Å². The Bertz CT molecular complexity index is 1940. The lowest BCUT2D eigenvalue weighted by Gasteiger charge is -2.42. The summed E-state index contributed by atoms with van der Waals surface area (Å²) >= 11 is 1.44. The van der Waals surface area contributed by atoms with Gasteiger partial charge in [-0.2, -0.15) is 10.2 Å². The first-order chi connectivity index (χ1) is 22.7. The molecule has 12 nitrogen and oxygen atoms in total. The Kier molecular flexibility index (Phi) is 8.11. The van der Waals surface area contributed by atoms with E-state index in [0.29, 0.717) is 59.1 Å². The molecule has 0 saturated carbocycles. The summed E-state index contributed by atoms with van der Waals surface area (Å²) in [5.41, 5.74) is 15.3. The number of anilines is 1. The molecule has 0 amide bonds. The van der Waals surface area contributed by atoms with Crippen LogP contribution in [0, 0.1) is 23.7 Å². The van der Waals surface area contributed by atoms with Gasteiger partial charge in [0.2, 0.25) is 17.5 Å². The van der Waals surface area contributed by atoms with Crippen LogP contribution in [-0.4, -0.2) is 68.7 Å². The van der Waals surface area contributed by atoms with Crippen molar-refractivity contribution in [2.75, 3.05) is 32.5 Å². The highest BCUT2D eigenvalue weighted by Gasteiger charge is 2.46. The lowest BCUT2D eigenvalue weighted by molar-refractivity contribution is 0.0590. The van der Waals surface area contributed by atoms with Crippen LogP contribution in [0.3, 0.4) is 0 Å². The summed E-state index contributed by atoms with van der Waals surface area (Å²) in [6, 6.07) is 2.01. The van der Waals surface area contributed by atoms with Crippen molar-refractivity contribution in [3.63, 3.8) is 0 Å². The number of terminal acetylenes is 1. The third-order valence-electron chi connectivity index (χ3n) is 10.7. The van der Waals surface area contributed by atoms with Crippen molar-refractivity contribution in [3.05, 3.63) is 43.6 Å². The zero-order valence-electron chi connectivity index (χ0n) is 26.9. The van der Waals surface area contributed by atoms with E-state index < -0.39 is 17.3 Å². The van der Waals surface area contributed by atoms with E-state index in [1.807, 2.05) is 7.05 Å². The van der Waals surface area contributed by atoms with Crippen LogP contribution in [-0.2, 0) is 23.6 Å². The van der Waals surface area contributed by atoms with E-state index in [1.165, 1.54) is 15.9 Å². The quantitative estimate of drug-likeness (QED) is 0.297. The monoisotopic (exact) mass is 656 g/mol. The number of aryl methyl sites for hydroxylation is 2. The van der Waals surface area contributed by atoms with Gasteiger partial charge in [-0.05, 0) is 83.4 Å². The lowest BCUT2D eigenvalue weighted by atomic mass is 9.62. The summed E-state index contributed by atoms with van der Waals surface area (Å²) < 4.78 is 15.3.